The molecule has 1 fully saturated rings. The van der Waals surface area contributed by atoms with Gasteiger partial charge in [0.1, 0.15) is 5.82 Å². The lowest BCUT2D eigenvalue weighted by molar-refractivity contribution is -0.137. The third-order valence-electron chi connectivity index (χ3n) is 7.35. The Balaban J connectivity index is 1.32. The van der Waals surface area contributed by atoms with Crippen LogP contribution in [-0.2, 0) is 6.18 Å². The smallest absolute Gasteiger partial charge is 0.354 e. The van der Waals surface area contributed by atoms with Gasteiger partial charge in [-0.2, -0.15) is 13.2 Å². The highest BCUT2D eigenvalue weighted by molar-refractivity contribution is 5.68. The molecule has 0 N–H and O–H groups in total. The number of hydrogen-bond donors (Lipinski definition) is 0. The average molecular weight is 552 g/mol. The van der Waals surface area contributed by atoms with Gasteiger partial charge in [-0.05, 0) is 35.4 Å². The van der Waals surface area contributed by atoms with Crippen molar-refractivity contribution >= 4 is 5.82 Å². The Morgan fingerprint density at radius 3 is 1.93 bits per heavy atom. The number of piperazine rings is 1. The first-order valence-electron chi connectivity index (χ1n) is 13.5. The number of anilines is 1. The van der Waals surface area contributed by atoms with Gasteiger partial charge >= 0.3 is 6.18 Å². The standard InChI is InChI=1S/C33H28F3N5/c34-33(35,36)28-15-7-13-26(21-28)29-22-30(39-32(38-29)27-14-8-16-37-23-27)40-17-19-41(20-18-40)31(24-9-3-1-4-10-24)25-11-5-2-6-12-25/h1-16,21-23,31H,17-20H2. The summed E-state index contributed by atoms with van der Waals surface area (Å²) in [6.07, 6.45) is -1.12. The fourth-order valence-corrected chi connectivity index (χ4v) is 5.32. The quantitative estimate of drug-likeness (QED) is 0.225. The van der Waals surface area contributed by atoms with Gasteiger partial charge in [0.05, 0.1) is 17.3 Å². The van der Waals surface area contributed by atoms with Crippen LogP contribution in [0.15, 0.2) is 116 Å². The van der Waals surface area contributed by atoms with Crippen molar-refractivity contribution in [3.63, 3.8) is 0 Å². The summed E-state index contributed by atoms with van der Waals surface area (Å²) in [5.41, 5.74) is 3.29. The van der Waals surface area contributed by atoms with E-state index in [2.05, 4.69) is 68.3 Å². The molecule has 206 valence electrons. The lowest BCUT2D eigenvalue weighted by Crippen LogP contribution is -2.48. The van der Waals surface area contributed by atoms with Crippen LogP contribution >= 0.6 is 0 Å². The van der Waals surface area contributed by atoms with Crippen molar-refractivity contribution in [3.8, 4) is 22.6 Å². The van der Waals surface area contributed by atoms with Crippen LogP contribution in [0, 0.1) is 0 Å². The molecular formula is C33H28F3N5. The predicted octanol–water partition coefficient (Wildman–Crippen LogP) is 7.14. The minimum atomic E-state index is -4.44. The molecule has 0 atom stereocenters. The van der Waals surface area contributed by atoms with Crippen molar-refractivity contribution in [2.45, 2.75) is 12.2 Å². The molecule has 5 nitrogen and oxygen atoms in total. The number of aromatic nitrogens is 3. The number of alkyl halides is 3. The van der Waals surface area contributed by atoms with Crippen molar-refractivity contribution < 1.29 is 13.2 Å². The van der Waals surface area contributed by atoms with Crippen molar-refractivity contribution in [1.29, 1.82) is 0 Å². The summed E-state index contributed by atoms with van der Waals surface area (Å²) < 4.78 is 40.5. The number of halogens is 3. The molecular weight excluding hydrogens is 523 g/mol. The van der Waals surface area contributed by atoms with Gasteiger partial charge in [0.2, 0.25) is 0 Å². The van der Waals surface area contributed by atoms with Crippen LogP contribution in [0.5, 0.6) is 0 Å². The summed E-state index contributed by atoms with van der Waals surface area (Å²) in [6, 6.07) is 31.8. The van der Waals surface area contributed by atoms with Crippen LogP contribution in [0.4, 0.5) is 19.0 Å². The lowest BCUT2D eigenvalue weighted by Gasteiger charge is -2.40. The summed E-state index contributed by atoms with van der Waals surface area (Å²) >= 11 is 0. The number of rotatable bonds is 6. The van der Waals surface area contributed by atoms with Crippen molar-refractivity contribution in [1.82, 2.24) is 19.9 Å². The Morgan fingerprint density at radius 2 is 1.32 bits per heavy atom. The van der Waals surface area contributed by atoms with E-state index >= 15 is 0 Å². The van der Waals surface area contributed by atoms with E-state index in [9.17, 15) is 13.2 Å². The normalized spacial score (nSPS) is 14.4. The summed E-state index contributed by atoms with van der Waals surface area (Å²) in [4.78, 5) is 18.3. The van der Waals surface area contributed by atoms with Gasteiger partial charge in [0, 0.05) is 55.8 Å². The van der Waals surface area contributed by atoms with E-state index in [-0.39, 0.29) is 6.04 Å². The molecule has 2 aromatic heterocycles. The maximum Gasteiger partial charge on any atom is 0.416 e. The van der Waals surface area contributed by atoms with E-state index in [1.165, 1.54) is 17.2 Å². The molecule has 8 heteroatoms. The number of pyridine rings is 1. The zero-order chi connectivity index (χ0) is 28.2. The maximum atomic E-state index is 13.5. The van der Waals surface area contributed by atoms with Gasteiger partial charge in [0.25, 0.3) is 0 Å². The highest BCUT2D eigenvalue weighted by atomic mass is 19.4. The summed E-state index contributed by atoms with van der Waals surface area (Å²) in [5.74, 6) is 1.11. The van der Waals surface area contributed by atoms with E-state index in [1.807, 2.05) is 18.2 Å². The van der Waals surface area contributed by atoms with Crippen LogP contribution < -0.4 is 4.90 Å². The molecule has 1 aliphatic heterocycles. The number of benzene rings is 3. The van der Waals surface area contributed by atoms with Crippen molar-refractivity contribution in [2.24, 2.45) is 0 Å². The van der Waals surface area contributed by atoms with Gasteiger partial charge in [-0.3, -0.25) is 9.88 Å². The Labute approximate surface area is 237 Å². The highest BCUT2D eigenvalue weighted by Crippen LogP contribution is 2.34. The average Bonchev–Trinajstić information content (AvgIpc) is 3.02. The maximum absolute atomic E-state index is 13.5. The molecule has 0 bridgehead atoms. The minimum absolute atomic E-state index is 0.122. The monoisotopic (exact) mass is 551 g/mol. The van der Waals surface area contributed by atoms with Crippen molar-refractivity contribution in [2.75, 3.05) is 31.1 Å². The molecule has 5 aromatic rings. The molecule has 6 rings (SSSR count). The van der Waals surface area contributed by atoms with Crippen LogP contribution in [0.1, 0.15) is 22.7 Å². The second-order valence-corrected chi connectivity index (χ2v) is 10.0. The van der Waals surface area contributed by atoms with Gasteiger partial charge < -0.3 is 4.90 Å². The largest absolute Gasteiger partial charge is 0.416 e. The molecule has 0 unspecified atom stereocenters. The van der Waals surface area contributed by atoms with Gasteiger partial charge in [-0.15, -0.1) is 0 Å². The molecule has 0 aliphatic carbocycles. The second kappa shape index (κ2) is 11.5. The SMILES string of the molecule is FC(F)(F)c1cccc(-c2cc(N3CCN(C(c4ccccc4)c4ccccc4)CC3)nc(-c3cccnc3)n2)c1. The summed E-state index contributed by atoms with van der Waals surface area (Å²) in [7, 11) is 0. The van der Waals surface area contributed by atoms with E-state index in [4.69, 9.17) is 4.98 Å². The topological polar surface area (TPSA) is 45.2 Å². The van der Waals surface area contributed by atoms with Crippen LogP contribution in [0.25, 0.3) is 22.6 Å². The molecule has 41 heavy (non-hydrogen) atoms. The highest BCUT2D eigenvalue weighted by Gasteiger charge is 2.31. The third-order valence-corrected chi connectivity index (χ3v) is 7.35. The zero-order valence-electron chi connectivity index (χ0n) is 22.2. The first-order chi connectivity index (χ1) is 20.0. The van der Waals surface area contributed by atoms with Crippen molar-refractivity contribution in [3.05, 3.63) is 132 Å². The molecule has 1 aliphatic rings. The fourth-order valence-electron chi connectivity index (χ4n) is 5.32. The number of nitrogens with zero attached hydrogens (tertiary/aromatic N) is 5. The molecule has 0 saturated carbocycles. The van der Waals surface area contributed by atoms with E-state index in [1.54, 1.807) is 30.6 Å². The molecule has 1 saturated heterocycles. The van der Waals surface area contributed by atoms with Gasteiger partial charge in [-0.1, -0.05) is 72.8 Å². The van der Waals surface area contributed by atoms with E-state index in [0.717, 1.165) is 25.2 Å². The van der Waals surface area contributed by atoms with Gasteiger partial charge in [0.15, 0.2) is 5.82 Å². The number of hydrogen-bond acceptors (Lipinski definition) is 5. The van der Waals surface area contributed by atoms with Crippen LogP contribution in [0.2, 0.25) is 0 Å². The van der Waals surface area contributed by atoms with Gasteiger partial charge in [-0.25, -0.2) is 9.97 Å². The fraction of sp³-hybridized carbons (Fsp3) is 0.182. The summed E-state index contributed by atoms with van der Waals surface area (Å²) in [5, 5.41) is 0. The van der Waals surface area contributed by atoms with Crippen LogP contribution in [-0.4, -0.2) is 46.0 Å². The lowest BCUT2D eigenvalue weighted by atomic mass is 9.96. The predicted molar refractivity (Wildman–Crippen MR) is 154 cm³/mol. The second-order valence-electron chi connectivity index (χ2n) is 10.0. The summed E-state index contributed by atoms with van der Waals surface area (Å²) in [6.45, 7) is 3.00. The zero-order valence-corrected chi connectivity index (χ0v) is 22.2. The Hall–Kier alpha value is -4.56. The molecule has 0 amide bonds. The molecule has 3 heterocycles. The Morgan fingerprint density at radius 1 is 0.659 bits per heavy atom. The molecule has 0 radical (unpaired) electrons. The minimum Gasteiger partial charge on any atom is -0.354 e. The first kappa shape index (κ1) is 26.7. The van der Waals surface area contributed by atoms with Crippen LogP contribution in [0.3, 0.4) is 0 Å². The Kier molecular flexibility index (Phi) is 7.48. The van der Waals surface area contributed by atoms with E-state index < -0.39 is 11.7 Å². The third kappa shape index (κ3) is 5.98. The molecule has 0 spiro atoms. The molecule has 3 aromatic carbocycles. The van der Waals surface area contributed by atoms with E-state index in [0.29, 0.717) is 41.6 Å². The first-order valence-corrected chi connectivity index (χ1v) is 13.5. The Bertz CT molecular complexity index is 1550.